The molecule has 1 amide bonds. The number of amides is 1. The number of rotatable bonds is 3. The number of aromatic nitrogens is 2. The van der Waals surface area contributed by atoms with Crippen molar-refractivity contribution < 1.29 is 39.9 Å². The third-order valence-corrected chi connectivity index (χ3v) is 9.41. The Morgan fingerprint density at radius 1 is 1.33 bits per heavy atom. The van der Waals surface area contributed by atoms with E-state index in [0.717, 1.165) is 15.7 Å². The number of hydrogen-bond acceptors (Lipinski definition) is 5. The van der Waals surface area contributed by atoms with E-state index in [1.54, 1.807) is 24.5 Å². The molecule has 5 rings (SSSR count). The molecule has 33 heavy (non-hydrogen) atoms. The van der Waals surface area contributed by atoms with Crippen LogP contribution >= 0.6 is 0 Å². The van der Waals surface area contributed by atoms with Crippen LogP contribution in [0.5, 0.6) is 11.5 Å². The Morgan fingerprint density at radius 3 is 3.06 bits per heavy atom. The Balaban J connectivity index is 1.73. The minimum absolute atomic E-state index is 0.0857. The Bertz CT molecular complexity index is 1260. The van der Waals surface area contributed by atoms with Gasteiger partial charge in [-0.3, -0.25) is 0 Å². The Morgan fingerprint density at radius 2 is 2.21 bits per heavy atom. The first-order chi connectivity index (χ1) is 16.1. The fourth-order valence-corrected chi connectivity index (χ4v) is 6.99. The van der Waals surface area contributed by atoms with Crippen molar-refractivity contribution in [2.24, 2.45) is 0 Å². The van der Waals surface area contributed by atoms with Crippen LogP contribution in [0.15, 0.2) is 48.3 Å². The maximum atomic E-state index is 14.4. The van der Waals surface area contributed by atoms with Gasteiger partial charge < -0.3 is 0 Å². The number of anilines is 2. The average molecular weight is 561 g/mol. The average Bonchev–Trinajstić information content (AvgIpc) is 3.18. The molecule has 4 heterocycles. The van der Waals surface area contributed by atoms with Crippen LogP contribution in [0, 0.1) is 5.82 Å². The van der Waals surface area contributed by atoms with E-state index < -0.39 is 5.82 Å². The van der Waals surface area contributed by atoms with E-state index in [2.05, 4.69) is 33.6 Å². The zero-order valence-electron chi connectivity index (χ0n) is 18.2. The molecule has 1 atom stereocenters. The first-order valence-corrected chi connectivity index (χ1v) is 13.3. The van der Waals surface area contributed by atoms with Crippen molar-refractivity contribution in [2.45, 2.75) is 10.8 Å². The summed E-state index contributed by atoms with van der Waals surface area (Å²) in [6, 6.07) is 6.52. The van der Waals surface area contributed by atoms with Crippen LogP contribution < -0.4 is 41.3 Å². The van der Waals surface area contributed by atoms with Gasteiger partial charge in [-0.05, 0) is 0 Å². The molecule has 2 bridgehead atoms. The van der Waals surface area contributed by atoms with Crippen molar-refractivity contribution in [3.63, 3.8) is 0 Å². The van der Waals surface area contributed by atoms with Gasteiger partial charge in [0.2, 0.25) is 0 Å². The van der Waals surface area contributed by atoms with Crippen LogP contribution in [0.1, 0.15) is 26.9 Å². The first kappa shape index (κ1) is 21.7. The number of carbonyl (C=O) groups excluding carboxylic acids is 1. The molecule has 2 aliphatic heterocycles. The van der Waals surface area contributed by atoms with Crippen molar-refractivity contribution in [1.82, 2.24) is 15.3 Å². The van der Waals surface area contributed by atoms with Crippen LogP contribution in [0.4, 0.5) is 15.8 Å². The van der Waals surface area contributed by atoms with Crippen molar-refractivity contribution in [2.75, 3.05) is 30.0 Å². The second-order valence-corrected chi connectivity index (χ2v) is 11.0. The standard InChI is InChI=1S/C24H23FIN4O3/c1-13-7-9-33-18-12-27-8-6-14(18)20-22(29-17-5-3-4-15(25)23(17)32-2)19-21(30-20)16(26-10-13)11-28-24(19)31/h3-8,12,16,29-30H,9-11H2,1-2H3,(H,28,31)/q-1/b13-7-. The Hall–Kier alpha value is -3.08. The van der Waals surface area contributed by atoms with Crippen LogP contribution in [-0.4, -0.2) is 40.6 Å². The molecule has 9 heteroatoms. The van der Waals surface area contributed by atoms with Gasteiger partial charge in [0.05, 0.1) is 0 Å². The number of nitrogens with zero attached hydrogens (tertiary/aromatic N) is 1. The third kappa shape index (κ3) is 4.05. The molecule has 3 N–H and O–H groups in total. The molecule has 1 aromatic carbocycles. The van der Waals surface area contributed by atoms with E-state index in [0.29, 0.717) is 41.5 Å². The third-order valence-electron chi connectivity index (χ3n) is 5.64. The SMILES string of the molecule is COc1c(F)cccc1Nc1c2[nH]c3c1C(=O)NCC3[I-]C/C(C)=C\COc1cnccc1-2. The van der Waals surface area contributed by atoms with Gasteiger partial charge in [0.1, 0.15) is 0 Å². The molecule has 0 radical (unpaired) electrons. The summed E-state index contributed by atoms with van der Waals surface area (Å²) in [5.74, 6) is 0.0375. The number of fused-ring (bicyclic) bond motifs is 3. The molecule has 2 aromatic heterocycles. The molecule has 0 aliphatic carbocycles. The van der Waals surface area contributed by atoms with E-state index in [4.69, 9.17) is 9.47 Å². The van der Waals surface area contributed by atoms with E-state index >= 15 is 0 Å². The molecule has 0 spiro atoms. The number of H-pyrrole nitrogens is 1. The number of ether oxygens (including phenoxy) is 2. The van der Waals surface area contributed by atoms with Crippen molar-refractivity contribution in [3.05, 3.63) is 65.4 Å². The predicted octanol–water partition coefficient (Wildman–Crippen LogP) is 1.18. The molecule has 0 saturated heterocycles. The van der Waals surface area contributed by atoms with E-state index in [9.17, 15) is 9.18 Å². The summed E-state index contributed by atoms with van der Waals surface area (Å²) in [5.41, 5.74) is 5.22. The molecule has 7 nitrogen and oxygen atoms in total. The second-order valence-electron chi connectivity index (χ2n) is 7.81. The van der Waals surface area contributed by atoms with E-state index in [1.165, 1.54) is 18.7 Å². The number of alkyl halides is 2. The van der Waals surface area contributed by atoms with Crippen LogP contribution in [0.2, 0.25) is 0 Å². The van der Waals surface area contributed by atoms with Gasteiger partial charge in [-0.15, -0.1) is 0 Å². The summed E-state index contributed by atoms with van der Waals surface area (Å²) in [6.45, 7) is 3.16. The van der Waals surface area contributed by atoms with E-state index in [-0.39, 0.29) is 36.8 Å². The molecule has 0 saturated carbocycles. The minimum atomic E-state index is -0.484. The number of pyridine rings is 1. The molecular formula is C24H23FIN4O3-. The number of methoxy groups -OCH3 is 1. The summed E-state index contributed by atoms with van der Waals surface area (Å²) in [7, 11) is 1.42. The van der Waals surface area contributed by atoms with Crippen LogP contribution in [-0.2, 0) is 0 Å². The summed E-state index contributed by atoms with van der Waals surface area (Å²) < 4.78 is 27.0. The molecule has 172 valence electrons. The zero-order chi connectivity index (χ0) is 22.9. The quantitative estimate of drug-likeness (QED) is 0.254. The van der Waals surface area contributed by atoms with E-state index in [1.807, 2.05) is 6.07 Å². The Labute approximate surface area is 201 Å². The summed E-state index contributed by atoms with van der Waals surface area (Å²) >= 11 is -0.276. The molecule has 2 aliphatic rings. The Kier molecular flexibility index (Phi) is 5.96. The fourth-order valence-electron chi connectivity index (χ4n) is 4.02. The van der Waals surface area contributed by atoms with Gasteiger partial charge in [0.25, 0.3) is 0 Å². The van der Waals surface area contributed by atoms with Gasteiger partial charge in [-0.25, -0.2) is 0 Å². The number of hydrogen-bond donors (Lipinski definition) is 3. The number of nitrogens with one attached hydrogen (secondary N) is 3. The zero-order valence-corrected chi connectivity index (χ0v) is 20.3. The fraction of sp³-hybridized carbons (Fsp3) is 0.250. The van der Waals surface area contributed by atoms with Crippen molar-refractivity contribution in [1.29, 1.82) is 0 Å². The van der Waals surface area contributed by atoms with Crippen LogP contribution in [0.3, 0.4) is 0 Å². The monoisotopic (exact) mass is 561 g/mol. The number of para-hydroxylation sites is 1. The first-order valence-electron chi connectivity index (χ1n) is 10.5. The number of halogens is 2. The molecular weight excluding hydrogens is 538 g/mol. The normalized spacial score (nSPS) is 19.3. The van der Waals surface area contributed by atoms with Crippen molar-refractivity contribution in [3.8, 4) is 22.8 Å². The molecule has 0 fully saturated rings. The molecule has 1 unspecified atom stereocenters. The van der Waals surface area contributed by atoms with Crippen molar-refractivity contribution >= 4 is 17.3 Å². The number of aromatic amines is 1. The number of carbonyl (C=O) groups is 1. The van der Waals surface area contributed by atoms with Gasteiger partial charge in [-0.2, -0.15) is 0 Å². The van der Waals surface area contributed by atoms with Gasteiger partial charge in [-0.1, -0.05) is 0 Å². The summed E-state index contributed by atoms with van der Waals surface area (Å²) in [6.07, 6.45) is 5.46. The summed E-state index contributed by atoms with van der Waals surface area (Å²) in [5, 5.41) is 6.34. The number of benzene rings is 1. The van der Waals surface area contributed by atoms with Gasteiger partial charge in [0, 0.05) is 0 Å². The second kappa shape index (κ2) is 9.05. The predicted molar refractivity (Wildman–Crippen MR) is 119 cm³/mol. The maximum absolute atomic E-state index is 14.4. The summed E-state index contributed by atoms with van der Waals surface area (Å²) in [4.78, 5) is 20.9. The van der Waals surface area contributed by atoms with Gasteiger partial charge in [0.15, 0.2) is 0 Å². The topological polar surface area (TPSA) is 88.3 Å². The number of allylic oxidation sites excluding steroid dienone is 1. The molecule has 3 aromatic rings. The van der Waals surface area contributed by atoms with Crippen LogP contribution in [0.25, 0.3) is 11.3 Å². The van der Waals surface area contributed by atoms with Gasteiger partial charge >= 0.3 is 201 Å².